The molecule has 1 heterocycles. The lowest BCUT2D eigenvalue weighted by Gasteiger charge is -2.07. The van der Waals surface area contributed by atoms with E-state index < -0.39 is 16.7 Å². The quantitative estimate of drug-likeness (QED) is 0.525. The Morgan fingerprint density at radius 2 is 1.58 bits per heavy atom. The number of hydrogen-bond donors (Lipinski definition) is 0. The molecule has 8 heteroatoms. The zero-order chi connectivity index (χ0) is 17.3. The SMILES string of the molecule is O=[N+]([O-])c1ccc(-c2cnn(-c3ccc(C(F)(F)F)cc3)c2)cc1. The minimum Gasteiger partial charge on any atom is -0.258 e. The minimum absolute atomic E-state index is 0.0196. The highest BCUT2D eigenvalue weighted by Gasteiger charge is 2.30. The van der Waals surface area contributed by atoms with Crippen LogP contribution in [-0.4, -0.2) is 14.7 Å². The van der Waals surface area contributed by atoms with Crippen molar-refractivity contribution < 1.29 is 18.1 Å². The summed E-state index contributed by atoms with van der Waals surface area (Å²) >= 11 is 0. The Hall–Kier alpha value is -3.16. The standard InChI is InChI=1S/C16H10F3N3O2/c17-16(18,19)13-3-7-14(8-4-13)21-10-12(9-20-21)11-1-5-15(6-2-11)22(23)24/h1-10H. The van der Waals surface area contributed by atoms with E-state index in [9.17, 15) is 23.3 Å². The maximum absolute atomic E-state index is 12.6. The Bertz CT molecular complexity index is 869. The summed E-state index contributed by atoms with van der Waals surface area (Å²) in [6, 6.07) is 10.6. The number of hydrogen-bond acceptors (Lipinski definition) is 3. The van der Waals surface area contributed by atoms with Crippen molar-refractivity contribution in [1.29, 1.82) is 0 Å². The summed E-state index contributed by atoms with van der Waals surface area (Å²) < 4.78 is 39.1. The molecule has 0 aliphatic rings. The van der Waals surface area contributed by atoms with Crippen LogP contribution in [0.5, 0.6) is 0 Å². The Labute approximate surface area is 134 Å². The number of halogens is 3. The Balaban J connectivity index is 1.86. The molecule has 0 saturated carbocycles. The number of nitro groups is 1. The van der Waals surface area contributed by atoms with E-state index in [-0.39, 0.29) is 5.69 Å². The maximum atomic E-state index is 12.6. The van der Waals surface area contributed by atoms with Crippen LogP contribution < -0.4 is 0 Å². The molecule has 2 aromatic carbocycles. The topological polar surface area (TPSA) is 61.0 Å². The van der Waals surface area contributed by atoms with Gasteiger partial charge in [-0.05, 0) is 42.0 Å². The average molecular weight is 333 g/mol. The first-order valence-electron chi connectivity index (χ1n) is 6.82. The van der Waals surface area contributed by atoms with Gasteiger partial charge in [-0.1, -0.05) is 0 Å². The normalized spacial score (nSPS) is 11.5. The van der Waals surface area contributed by atoms with Crippen LogP contribution in [0, 0.1) is 10.1 Å². The molecule has 0 bridgehead atoms. The third kappa shape index (κ3) is 3.12. The van der Waals surface area contributed by atoms with E-state index in [2.05, 4.69) is 5.10 Å². The van der Waals surface area contributed by atoms with Gasteiger partial charge in [-0.2, -0.15) is 18.3 Å². The van der Waals surface area contributed by atoms with Gasteiger partial charge in [0, 0.05) is 23.9 Å². The fraction of sp³-hybridized carbons (Fsp3) is 0.0625. The smallest absolute Gasteiger partial charge is 0.258 e. The van der Waals surface area contributed by atoms with Gasteiger partial charge in [0.1, 0.15) is 0 Å². The summed E-state index contributed by atoms with van der Waals surface area (Å²) in [5.41, 5.74) is 1.16. The van der Waals surface area contributed by atoms with Crippen molar-refractivity contribution in [3.05, 3.63) is 76.6 Å². The predicted octanol–water partition coefficient (Wildman–Crippen LogP) is 4.47. The van der Waals surface area contributed by atoms with Gasteiger partial charge in [-0.3, -0.25) is 10.1 Å². The second-order valence-electron chi connectivity index (χ2n) is 5.02. The fourth-order valence-electron chi connectivity index (χ4n) is 2.19. The molecule has 0 unspecified atom stereocenters. The highest BCUT2D eigenvalue weighted by Crippen LogP contribution is 2.30. The Kier molecular flexibility index (Phi) is 3.80. The summed E-state index contributed by atoms with van der Waals surface area (Å²) in [7, 11) is 0. The van der Waals surface area contributed by atoms with Gasteiger partial charge < -0.3 is 0 Å². The molecule has 0 aliphatic carbocycles. The molecule has 0 saturated heterocycles. The molecule has 0 spiro atoms. The van der Waals surface area contributed by atoms with Crippen molar-refractivity contribution in [3.63, 3.8) is 0 Å². The van der Waals surface area contributed by atoms with E-state index in [0.29, 0.717) is 11.3 Å². The highest BCUT2D eigenvalue weighted by atomic mass is 19.4. The van der Waals surface area contributed by atoms with Gasteiger partial charge in [0.25, 0.3) is 5.69 Å². The van der Waals surface area contributed by atoms with Crippen LogP contribution in [0.15, 0.2) is 60.9 Å². The Morgan fingerprint density at radius 3 is 2.12 bits per heavy atom. The first kappa shape index (κ1) is 15.7. The van der Waals surface area contributed by atoms with Gasteiger partial charge in [0.05, 0.1) is 22.4 Å². The van der Waals surface area contributed by atoms with E-state index in [1.807, 2.05) is 0 Å². The van der Waals surface area contributed by atoms with Crippen molar-refractivity contribution in [1.82, 2.24) is 9.78 Å². The average Bonchev–Trinajstić information content (AvgIpc) is 3.04. The zero-order valence-corrected chi connectivity index (χ0v) is 12.1. The minimum atomic E-state index is -4.38. The van der Waals surface area contributed by atoms with Crippen LogP contribution in [0.4, 0.5) is 18.9 Å². The van der Waals surface area contributed by atoms with Crippen molar-refractivity contribution >= 4 is 5.69 Å². The van der Waals surface area contributed by atoms with Crippen molar-refractivity contribution in [2.75, 3.05) is 0 Å². The molecule has 0 atom stereocenters. The lowest BCUT2D eigenvalue weighted by molar-refractivity contribution is -0.384. The van der Waals surface area contributed by atoms with E-state index in [0.717, 1.165) is 17.7 Å². The van der Waals surface area contributed by atoms with Crippen molar-refractivity contribution in [2.24, 2.45) is 0 Å². The molecule has 3 rings (SSSR count). The third-order valence-electron chi connectivity index (χ3n) is 3.45. The summed E-state index contributed by atoms with van der Waals surface area (Å²) in [6.07, 6.45) is -1.20. The second kappa shape index (κ2) is 5.80. The lowest BCUT2D eigenvalue weighted by atomic mass is 10.1. The molecule has 3 aromatic rings. The number of benzene rings is 2. The van der Waals surface area contributed by atoms with Crippen LogP contribution in [0.25, 0.3) is 16.8 Å². The molecule has 0 aliphatic heterocycles. The molecule has 24 heavy (non-hydrogen) atoms. The van der Waals surface area contributed by atoms with Crippen LogP contribution in [0.1, 0.15) is 5.56 Å². The molecular formula is C16H10F3N3O2. The summed E-state index contributed by atoms with van der Waals surface area (Å²) in [6.45, 7) is 0. The molecule has 1 aromatic heterocycles. The maximum Gasteiger partial charge on any atom is 0.416 e. The number of non-ortho nitro benzene ring substituents is 1. The van der Waals surface area contributed by atoms with E-state index in [4.69, 9.17) is 0 Å². The first-order chi connectivity index (χ1) is 11.3. The molecule has 0 radical (unpaired) electrons. The van der Waals surface area contributed by atoms with Gasteiger partial charge >= 0.3 is 6.18 Å². The predicted molar refractivity (Wildman–Crippen MR) is 80.7 cm³/mol. The molecule has 0 amide bonds. The second-order valence-corrected chi connectivity index (χ2v) is 5.02. The molecule has 0 fully saturated rings. The molecule has 5 nitrogen and oxygen atoms in total. The van der Waals surface area contributed by atoms with Crippen LogP contribution in [0.3, 0.4) is 0 Å². The van der Waals surface area contributed by atoms with Gasteiger partial charge in [0.2, 0.25) is 0 Å². The number of nitro benzene ring substituents is 1. The van der Waals surface area contributed by atoms with Crippen molar-refractivity contribution in [3.8, 4) is 16.8 Å². The number of aromatic nitrogens is 2. The van der Waals surface area contributed by atoms with E-state index in [1.54, 1.807) is 24.5 Å². The van der Waals surface area contributed by atoms with Gasteiger partial charge in [0.15, 0.2) is 0 Å². The van der Waals surface area contributed by atoms with Crippen LogP contribution in [0.2, 0.25) is 0 Å². The van der Waals surface area contributed by atoms with E-state index in [1.165, 1.54) is 28.9 Å². The Morgan fingerprint density at radius 1 is 0.958 bits per heavy atom. The molecule has 122 valence electrons. The summed E-state index contributed by atoms with van der Waals surface area (Å²) in [5, 5.41) is 14.8. The lowest BCUT2D eigenvalue weighted by Crippen LogP contribution is -2.05. The largest absolute Gasteiger partial charge is 0.416 e. The number of nitrogens with zero attached hydrogens (tertiary/aromatic N) is 3. The third-order valence-corrected chi connectivity index (χ3v) is 3.45. The number of alkyl halides is 3. The van der Waals surface area contributed by atoms with Gasteiger partial charge in [-0.15, -0.1) is 0 Å². The number of rotatable bonds is 3. The zero-order valence-electron chi connectivity index (χ0n) is 12.1. The highest BCUT2D eigenvalue weighted by molar-refractivity contribution is 5.63. The van der Waals surface area contributed by atoms with Crippen LogP contribution >= 0.6 is 0 Å². The summed E-state index contributed by atoms with van der Waals surface area (Å²) in [4.78, 5) is 10.2. The fourth-order valence-corrected chi connectivity index (χ4v) is 2.19. The monoisotopic (exact) mass is 333 g/mol. The van der Waals surface area contributed by atoms with Gasteiger partial charge in [-0.25, -0.2) is 4.68 Å². The van der Waals surface area contributed by atoms with Crippen LogP contribution in [-0.2, 0) is 6.18 Å². The first-order valence-corrected chi connectivity index (χ1v) is 6.82. The summed E-state index contributed by atoms with van der Waals surface area (Å²) in [5.74, 6) is 0. The molecular weight excluding hydrogens is 323 g/mol. The van der Waals surface area contributed by atoms with Crippen molar-refractivity contribution in [2.45, 2.75) is 6.18 Å². The van der Waals surface area contributed by atoms with E-state index >= 15 is 0 Å². The molecule has 0 N–H and O–H groups in total.